The molecule has 6 nitrogen and oxygen atoms in total. The van der Waals surface area contributed by atoms with Crippen LogP contribution in [0.5, 0.6) is 0 Å². The number of aromatic carboxylic acids is 1. The first kappa shape index (κ1) is 17.6. The van der Waals surface area contributed by atoms with E-state index in [4.69, 9.17) is 14.6 Å². The highest BCUT2D eigenvalue weighted by Crippen LogP contribution is 2.13. The Hall–Kier alpha value is -1.44. The lowest BCUT2D eigenvalue weighted by Gasteiger charge is -2.13. The number of carbonyl (C=O) groups is 1. The normalized spacial score (nSPS) is 13.0. The monoisotopic (exact) mass is 316 g/mol. The van der Waals surface area contributed by atoms with Gasteiger partial charge in [-0.15, -0.1) is 0 Å². The van der Waals surface area contributed by atoms with Crippen LogP contribution in [-0.4, -0.2) is 51.2 Å². The van der Waals surface area contributed by atoms with Gasteiger partial charge >= 0.3 is 5.97 Å². The zero-order valence-electron chi connectivity index (χ0n) is 12.1. The summed E-state index contributed by atoms with van der Waals surface area (Å²) in [6.45, 7) is 4.69. The summed E-state index contributed by atoms with van der Waals surface area (Å²) in [6, 6.07) is 5.30. The van der Waals surface area contributed by atoms with Crippen molar-refractivity contribution in [3.8, 4) is 0 Å². The Morgan fingerprint density at radius 3 is 2.71 bits per heavy atom. The highest BCUT2D eigenvalue weighted by molar-refractivity contribution is 7.91. The molecule has 0 fully saturated rings. The third-order valence-electron chi connectivity index (χ3n) is 2.75. The lowest BCUT2D eigenvalue weighted by atomic mass is 10.2. The van der Waals surface area contributed by atoms with Gasteiger partial charge in [0.2, 0.25) is 0 Å². The number of rotatable bonds is 9. The highest BCUT2D eigenvalue weighted by atomic mass is 32.2. The van der Waals surface area contributed by atoms with Crippen LogP contribution >= 0.6 is 0 Å². The van der Waals surface area contributed by atoms with Gasteiger partial charge in [0.1, 0.15) is 0 Å². The van der Waals surface area contributed by atoms with E-state index >= 15 is 0 Å². The molecule has 0 aliphatic rings. The van der Waals surface area contributed by atoms with E-state index in [-0.39, 0.29) is 28.9 Å². The van der Waals surface area contributed by atoms with Crippen LogP contribution in [0.4, 0.5) is 0 Å². The van der Waals surface area contributed by atoms with Crippen LogP contribution in [0.2, 0.25) is 0 Å². The third-order valence-corrected chi connectivity index (χ3v) is 4.43. The summed E-state index contributed by atoms with van der Waals surface area (Å²) in [5, 5.41) is 8.87. The molecule has 0 aliphatic carbocycles. The summed E-state index contributed by atoms with van der Waals surface area (Å²) in [6.07, 6.45) is -0.189. The van der Waals surface area contributed by atoms with E-state index in [1.54, 1.807) is 6.92 Å². The Labute approximate surface area is 124 Å². The van der Waals surface area contributed by atoms with Crippen molar-refractivity contribution in [2.75, 3.05) is 25.6 Å². The van der Waals surface area contributed by atoms with Crippen molar-refractivity contribution in [2.45, 2.75) is 24.8 Å². The molecule has 7 heteroatoms. The average Bonchev–Trinajstić information content (AvgIpc) is 2.45. The topological polar surface area (TPSA) is 89.9 Å². The molecular weight excluding hydrogens is 296 g/mol. The van der Waals surface area contributed by atoms with Crippen molar-refractivity contribution >= 4 is 15.8 Å². The second-order valence-corrected chi connectivity index (χ2v) is 6.60. The molecule has 0 saturated heterocycles. The maximum Gasteiger partial charge on any atom is 0.335 e. The van der Waals surface area contributed by atoms with Gasteiger partial charge in [-0.05, 0) is 32.0 Å². The van der Waals surface area contributed by atoms with Crippen LogP contribution in [0.1, 0.15) is 24.2 Å². The maximum absolute atomic E-state index is 12.1. The summed E-state index contributed by atoms with van der Waals surface area (Å²) in [5.41, 5.74) is -0.0540. The minimum absolute atomic E-state index is 0.0107. The molecule has 0 saturated carbocycles. The zero-order chi connectivity index (χ0) is 15.9. The van der Waals surface area contributed by atoms with Crippen LogP contribution < -0.4 is 0 Å². The number of carboxylic acid groups (broad SMARTS) is 1. The van der Waals surface area contributed by atoms with Crippen LogP contribution in [0, 0.1) is 0 Å². The second-order valence-electron chi connectivity index (χ2n) is 4.49. The van der Waals surface area contributed by atoms with Gasteiger partial charge in [0.05, 0.1) is 35.5 Å². The Kier molecular flexibility index (Phi) is 6.80. The molecule has 0 aromatic heterocycles. The molecule has 1 unspecified atom stereocenters. The Balaban J connectivity index is 2.61. The summed E-state index contributed by atoms with van der Waals surface area (Å²) in [5.74, 6) is -1.36. The van der Waals surface area contributed by atoms with Gasteiger partial charge in [0.15, 0.2) is 9.84 Å². The number of carboxylic acids is 1. The second kappa shape index (κ2) is 8.11. The summed E-state index contributed by atoms with van der Waals surface area (Å²) >= 11 is 0. The summed E-state index contributed by atoms with van der Waals surface area (Å²) in [7, 11) is -3.56. The molecular formula is C14H20O6S. The lowest BCUT2D eigenvalue weighted by molar-refractivity contribution is 0.00288. The van der Waals surface area contributed by atoms with Gasteiger partial charge in [-0.25, -0.2) is 13.2 Å². The van der Waals surface area contributed by atoms with Crippen molar-refractivity contribution in [1.82, 2.24) is 0 Å². The highest BCUT2D eigenvalue weighted by Gasteiger charge is 2.17. The first-order chi connectivity index (χ1) is 9.86. The van der Waals surface area contributed by atoms with E-state index in [1.807, 2.05) is 6.92 Å². The standard InChI is InChI=1S/C14H20O6S/c1-3-19-10-11(2)20-7-8-21(17,18)13-6-4-5-12(9-13)14(15)16/h4-6,9,11H,3,7-8,10H2,1-2H3,(H,15,16). The quantitative estimate of drug-likeness (QED) is 0.744. The molecule has 0 spiro atoms. The molecule has 0 radical (unpaired) electrons. The molecule has 1 atom stereocenters. The number of benzene rings is 1. The molecule has 0 bridgehead atoms. The van der Waals surface area contributed by atoms with E-state index in [2.05, 4.69) is 0 Å². The fraction of sp³-hybridized carbons (Fsp3) is 0.500. The van der Waals surface area contributed by atoms with Crippen LogP contribution in [-0.2, 0) is 19.3 Å². The molecule has 1 aromatic rings. The van der Waals surface area contributed by atoms with Gasteiger partial charge in [-0.3, -0.25) is 0 Å². The van der Waals surface area contributed by atoms with Crippen molar-refractivity contribution in [2.24, 2.45) is 0 Å². The fourth-order valence-corrected chi connectivity index (χ4v) is 2.78. The predicted octanol–water partition coefficient (Wildman–Crippen LogP) is 1.60. The average molecular weight is 316 g/mol. The van der Waals surface area contributed by atoms with E-state index in [0.29, 0.717) is 13.2 Å². The smallest absolute Gasteiger partial charge is 0.335 e. The summed E-state index contributed by atoms with van der Waals surface area (Å²) in [4.78, 5) is 10.8. The van der Waals surface area contributed by atoms with Gasteiger partial charge in [-0.1, -0.05) is 6.07 Å². The third kappa shape index (κ3) is 5.82. The van der Waals surface area contributed by atoms with Crippen LogP contribution in [0.15, 0.2) is 29.2 Å². The predicted molar refractivity (Wildman–Crippen MR) is 77.4 cm³/mol. The van der Waals surface area contributed by atoms with Gasteiger partial charge in [0.25, 0.3) is 0 Å². The summed E-state index contributed by atoms with van der Waals surface area (Å²) < 4.78 is 34.7. The van der Waals surface area contributed by atoms with E-state index in [9.17, 15) is 13.2 Å². The first-order valence-corrected chi connectivity index (χ1v) is 8.27. The molecule has 1 aromatic carbocycles. The van der Waals surface area contributed by atoms with Crippen molar-refractivity contribution in [3.05, 3.63) is 29.8 Å². The molecule has 1 rings (SSSR count). The van der Waals surface area contributed by atoms with Gasteiger partial charge in [-0.2, -0.15) is 0 Å². The van der Waals surface area contributed by atoms with Crippen molar-refractivity contribution < 1.29 is 27.8 Å². The van der Waals surface area contributed by atoms with Gasteiger partial charge in [0, 0.05) is 6.61 Å². The molecule has 0 heterocycles. The Bertz CT molecular complexity index is 567. The van der Waals surface area contributed by atoms with Crippen LogP contribution in [0.3, 0.4) is 0 Å². The number of ether oxygens (including phenoxy) is 2. The van der Waals surface area contributed by atoms with E-state index in [0.717, 1.165) is 6.07 Å². The van der Waals surface area contributed by atoms with E-state index in [1.165, 1.54) is 18.2 Å². The van der Waals surface area contributed by atoms with E-state index < -0.39 is 15.8 Å². The van der Waals surface area contributed by atoms with Crippen molar-refractivity contribution in [1.29, 1.82) is 0 Å². The Morgan fingerprint density at radius 1 is 1.38 bits per heavy atom. The number of hydrogen-bond donors (Lipinski definition) is 1. The number of sulfone groups is 1. The minimum atomic E-state index is -3.56. The maximum atomic E-state index is 12.1. The minimum Gasteiger partial charge on any atom is -0.478 e. The molecule has 0 aliphatic heterocycles. The molecule has 1 N–H and O–H groups in total. The SMILES string of the molecule is CCOCC(C)OCCS(=O)(=O)c1cccc(C(=O)O)c1. The zero-order valence-corrected chi connectivity index (χ0v) is 12.9. The fourth-order valence-electron chi connectivity index (χ4n) is 1.63. The first-order valence-electron chi connectivity index (χ1n) is 6.62. The number of hydrogen-bond acceptors (Lipinski definition) is 5. The molecule has 21 heavy (non-hydrogen) atoms. The van der Waals surface area contributed by atoms with Crippen molar-refractivity contribution in [3.63, 3.8) is 0 Å². The van der Waals surface area contributed by atoms with Gasteiger partial charge < -0.3 is 14.6 Å². The van der Waals surface area contributed by atoms with Crippen LogP contribution in [0.25, 0.3) is 0 Å². The largest absolute Gasteiger partial charge is 0.478 e. The Morgan fingerprint density at radius 2 is 2.10 bits per heavy atom. The molecule has 0 amide bonds. The lowest BCUT2D eigenvalue weighted by Crippen LogP contribution is -2.21. The molecule has 118 valence electrons.